The first-order valence-corrected chi connectivity index (χ1v) is 5.18. The second-order valence-corrected chi connectivity index (χ2v) is 3.58. The Balaban J connectivity index is 2.33. The number of nitriles is 1. The number of hydrogen-bond acceptors (Lipinski definition) is 4. The molecule has 1 aromatic heterocycles. The van der Waals surface area contributed by atoms with Gasteiger partial charge in [-0.3, -0.25) is 0 Å². The van der Waals surface area contributed by atoms with E-state index >= 15 is 0 Å². The van der Waals surface area contributed by atoms with Gasteiger partial charge in [-0.25, -0.2) is 9.37 Å². The van der Waals surface area contributed by atoms with Gasteiger partial charge in [-0.1, -0.05) is 0 Å². The molecule has 0 radical (unpaired) electrons. The Hall–Kier alpha value is -2.69. The maximum absolute atomic E-state index is 13.1. The molecule has 0 aliphatic carbocycles. The molecule has 0 N–H and O–H groups in total. The first kappa shape index (κ1) is 13.7. The Morgan fingerprint density at radius 3 is 2.60 bits per heavy atom. The SMILES string of the molecule is N#Cc1ccnc(Oc2ccc(F)c(C(F)(F)F)c2)n1. The highest BCUT2D eigenvalue weighted by atomic mass is 19.4. The molecule has 4 nitrogen and oxygen atoms in total. The lowest BCUT2D eigenvalue weighted by molar-refractivity contribution is -0.140. The Morgan fingerprint density at radius 2 is 1.95 bits per heavy atom. The first-order valence-electron chi connectivity index (χ1n) is 5.18. The second kappa shape index (κ2) is 5.13. The van der Waals surface area contributed by atoms with Gasteiger partial charge in [0.2, 0.25) is 0 Å². The van der Waals surface area contributed by atoms with Crippen molar-refractivity contribution in [2.24, 2.45) is 0 Å². The van der Waals surface area contributed by atoms with Crippen molar-refractivity contribution >= 4 is 0 Å². The third kappa shape index (κ3) is 3.00. The number of rotatable bonds is 2. The van der Waals surface area contributed by atoms with Crippen LogP contribution in [0.25, 0.3) is 0 Å². The predicted octanol–water partition coefficient (Wildman–Crippen LogP) is 3.30. The van der Waals surface area contributed by atoms with E-state index in [4.69, 9.17) is 10.00 Å². The minimum atomic E-state index is -4.83. The van der Waals surface area contributed by atoms with Crippen LogP contribution in [0.1, 0.15) is 11.3 Å². The van der Waals surface area contributed by atoms with Crippen molar-refractivity contribution in [2.45, 2.75) is 6.18 Å². The van der Waals surface area contributed by atoms with Crippen LogP contribution in [0.4, 0.5) is 17.6 Å². The van der Waals surface area contributed by atoms with Crippen LogP contribution in [-0.4, -0.2) is 9.97 Å². The summed E-state index contributed by atoms with van der Waals surface area (Å²) in [6.07, 6.45) is -3.62. The van der Waals surface area contributed by atoms with Crippen LogP contribution in [0.3, 0.4) is 0 Å². The van der Waals surface area contributed by atoms with Crippen LogP contribution >= 0.6 is 0 Å². The van der Waals surface area contributed by atoms with E-state index in [2.05, 4.69) is 9.97 Å². The summed E-state index contributed by atoms with van der Waals surface area (Å²) in [6, 6.07) is 4.86. The third-order valence-electron chi connectivity index (χ3n) is 2.20. The van der Waals surface area contributed by atoms with Crippen LogP contribution in [0, 0.1) is 17.1 Å². The number of alkyl halides is 3. The zero-order chi connectivity index (χ0) is 14.8. The average molecular weight is 283 g/mol. The third-order valence-corrected chi connectivity index (χ3v) is 2.20. The van der Waals surface area contributed by atoms with E-state index in [9.17, 15) is 17.6 Å². The molecule has 20 heavy (non-hydrogen) atoms. The fourth-order valence-electron chi connectivity index (χ4n) is 1.34. The van der Waals surface area contributed by atoms with E-state index in [1.165, 1.54) is 12.3 Å². The van der Waals surface area contributed by atoms with Crippen molar-refractivity contribution in [3.8, 4) is 17.8 Å². The summed E-state index contributed by atoms with van der Waals surface area (Å²) in [5.41, 5.74) is -1.46. The molecule has 1 heterocycles. The maximum atomic E-state index is 13.1. The summed E-state index contributed by atoms with van der Waals surface area (Å²) in [7, 11) is 0. The molecule has 2 aromatic rings. The molecule has 8 heteroatoms. The monoisotopic (exact) mass is 283 g/mol. The van der Waals surface area contributed by atoms with Crippen molar-refractivity contribution < 1.29 is 22.3 Å². The summed E-state index contributed by atoms with van der Waals surface area (Å²) in [5.74, 6) is -1.69. The summed E-state index contributed by atoms with van der Waals surface area (Å²) < 4.78 is 55.6. The van der Waals surface area contributed by atoms with Crippen molar-refractivity contribution in [1.29, 1.82) is 5.26 Å². The smallest absolute Gasteiger partial charge is 0.419 e. The lowest BCUT2D eigenvalue weighted by atomic mass is 10.2. The van der Waals surface area contributed by atoms with Crippen molar-refractivity contribution in [1.82, 2.24) is 9.97 Å². The van der Waals surface area contributed by atoms with Crippen LogP contribution in [0.15, 0.2) is 30.5 Å². The number of halogens is 4. The topological polar surface area (TPSA) is 58.8 Å². The summed E-state index contributed by atoms with van der Waals surface area (Å²) in [6.45, 7) is 0. The molecule has 0 spiro atoms. The van der Waals surface area contributed by atoms with Gasteiger partial charge in [0.1, 0.15) is 23.3 Å². The molecule has 102 valence electrons. The highest BCUT2D eigenvalue weighted by Gasteiger charge is 2.34. The molecule has 1 aromatic carbocycles. The molecular formula is C12H5F4N3O. The normalized spacial score (nSPS) is 10.9. The molecule has 0 aliphatic heterocycles. The van der Waals surface area contributed by atoms with Gasteiger partial charge in [0, 0.05) is 6.20 Å². The molecule has 0 amide bonds. The standard InChI is InChI=1S/C12H5F4N3O/c13-10-2-1-8(5-9(10)12(14,15)16)20-11-18-4-3-7(6-17)19-11/h1-5H. The van der Waals surface area contributed by atoms with Gasteiger partial charge < -0.3 is 4.74 Å². The minimum absolute atomic E-state index is 0.00634. The molecule has 0 atom stereocenters. The Labute approximate surface area is 110 Å². The van der Waals surface area contributed by atoms with Crippen LogP contribution in [0.5, 0.6) is 11.8 Å². The van der Waals surface area contributed by atoms with E-state index < -0.39 is 17.6 Å². The number of hydrogen-bond donors (Lipinski definition) is 0. The summed E-state index contributed by atoms with van der Waals surface area (Å²) >= 11 is 0. The van der Waals surface area contributed by atoms with Crippen molar-refractivity contribution in [2.75, 3.05) is 0 Å². The minimum Gasteiger partial charge on any atom is -0.424 e. The van der Waals surface area contributed by atoms with Crippen LogP contribution in [0.2, 0.25) is 0 Å². The van der Waals surface area contributed by atoms with E-state index in [1.807, 2.05) is 0 Å². The molecule has 0 unspecified atom stereocenters. The summed E-state index contributed by atoms with van der Waals surface area (Å²) in [5, 5.41) is 8.62. The lowest BCUT2D eigenvalue weighted by Crippen LogP contribution is -2.08. The van der Waals surface area contributed by atoms with Gasteiger partial charge in [0.25, 0.3) is 0 Å². The molecule has 0 fully saturated rings. The van der Waals surface area contributed by atoms with Gasteiger partial charge in [-0.15, -0.1) is 0 Å². The molecule has 0 aliphatic rings. The first-order chi connectivity index (χ1) is 9.40. The van der Waals surface area contributed by atoms with Crippen molar-refractivity contribution in [3.63, 3.8) is 0 Å². The van der Waals surface area contributed by atoms with Gasteiger partial charge in [-0.2, -0.15) is 23.4 Å². The molecule has 0 saturated carbocycles. The molecule has 0 saturated heterocycles. The number of aromatic nitrogens is 2. The fraction of sp³-hybridized carbons (Fsp3) is 0.0833. The highest BCUT2D eigenvalue weighted by Crippen LogP contribution is 2.34. The largest absolute Gasteiger partial charge is 0.424 e. The zero-order valence-electron chi connectivity index (χ0n) is 9.65. The number of nitrogens with zero attached hydrogens (tertiary/aromatic N) is 3. The van der Waals surface area contributed by atoms with E-state index in [0.29, 0.717) is 12.1 Å². The predicted molar refractivity (Wildman–Crippen MR) is 58.2 cm³/mol. The molecule has 0 bridgehead atoms. The van der Waals surface area contributed by atoms with Crippen LogP contribution in [-0.2, 0) is 6.18 Å². The van der Waals surface area contributed by atoms with Gasteiger partial charge >= 0.3 is 12.2 Å². The average Bonchev–Trinajstić information content (AvgIpc) is 2.40. The lowest BCUT2D eigenvalue weighted by Gasteiger charge is -2.10. The Bertz CT molecular complexity index is 679. The van der Waals surface area contributed by atoms with Crippen molar-refractivity contribution in [3.05, 3.63) is 47.5 Å². The number of ether oxygens (including phenoxy) is 1. The van der Waals surface area contributed by atoms with E-state index in [1.54, 1.807) is 6.07 Å². The summed E-state index contributed by atoms with van der Waals surface area (Å²) in [4.78, 5) is 7.27. The Kier molecular flexibility index (Phi) is 3.52. The second-order valence-electron chi connectivity index (χ2n) is 3.58. The van der Waals surface area contributed by atoms with Crippen LogP contribution < -0.4 is 4.74 Å². The molecule has 2 rings (SSSR count). The number of benzene rings is 1. The highest BCUT2D eigenvalue weighted by molar-refractivity contribution is 5.33. The fourth-order valence-corrected chi connectivity index (χ4v) is 1.34. The molecular weight excluding hydrogens is 278 g/mol. The zero-order valence-corrected chi connectivity index (χ0v) is 9.65. The van der Waals surface area contributed by atoms with Gasteiger partial charge in [0.05, 0.1) is 5.56 Å². The Morgan fingerprint density at radius 1 is 1.20 bits per heavy atom. The van der Waals surface area contributed by atoms with Gasteiger partial charge in [0.15, 0.2) is 0 Å². The van der Waals surface area contributed by atoms with E-state index in [-0.39, 0.29) is 17.5 Å². The quantitative estimate of drug-likeness (QED) is 0.793. The maximum Gasteiger partial charge on any atom is 0.419 e. The van der Waals surface area contributed by atoms with E-state index in [0.717, 1.165) is 6.07 Å². The van der Waals surface area contributed by atoms with Gasteiger partial charge in [-0.05, 0) is 24.3 Å².